The second-order valence-corrected chi connectivity index (χ2v) is 6.17. The summed E-state index contributed by atoms with van der Waals surface area (Å²) in [7, 11) is 2.07. The predicted octanol–water partition coefficient (Wildman–Crippen LogP) is 2.04. The Balaban J connectivity index is 1.62. The van der Waals surface area contributed by atoms with E-state index >= 15 is 0 Å². The first-order chi connectivity index (χ1) is 11.6. The number of rotatable bonds is 4. The van der Waals surface area contributed by atoms with Crippen LogP contribution in [0, 0.1) is 0 Å². The summed E-state index contributed by atoms with van der Waals surface area (Å²) >= 11 is 0. The monoisotopic (exact) mass is 325 g/mol. The van der Waals surface area contributed by atoms with Crippen molar-refractivity contribution in [1.82, 2.24) is 19.8 Å². The van der Waals surface area contributed by atoms with Crippen LogP contribution in [0.1, 0.15) is 28.9 Å². The van der Waals surface area contributed by atoms with Crippen LogP contribution in [0.25, 0.3) is 0 Å². The number of hydrogen-bond donors (Lipinski definition) is 1. The fraction of sp³-hybridized carbons (Fsp3) is 0.389. The van der Waals surface area contributed by atoms with E-state index in [0.29, 0.717) is 11.5 Å². The molecule has 1 atom stereocenters. The molecule has 2 aromatic rings. The minimum Gasteiger partial charge on any atom is -0.348 e. The van der Waals surface area contributed by atoms with Crippen molar-refractivity contribution in [3.05, 3.63) is 53.9 Å². The minimum absolute atomic E-state index is 0.00533. The van der Waals surface area contributed by atoms with Crippen LogP contribution in [0.5, 0.6) is 0 Å². The van der Waals surface area contributed by atoms with Crippen molar-refractivity contribution in [2.24, 2.45) is 0 Å². The molecule has 1 amide bonds. The van der Waals surface area contributed by atoms with Gasteiger partial charge in [0.05, 0.1) is 11.6 Å². The molecule has 1 aromatic carbocycles. The highest BCUT2D eigenvalue weighted by Crippen LogP contribution is 2.16. The lowest BCUT2D eigenvalue weighted by atomic mass is 10.1. The number of piperazine rings is 1. The molecule has 0 bridgehead atoms. The van der Waals surface area contributed by atoms with Gasteiger partial charge in [-0.3, -0.25) is 4.79 Å². The summed E-state index contributed by atoms with van der Waals surface area (Å²) in [6.07, 6.45) is 3.21. The number of benzene rings is 1. The molecule has 126 valence electrons. The van der Waals surface area contributed by atoms with Gasteiger partial charge in [0.2, 0.25) is 5.95 Å². The molecule has 3 rings (SSSR count). The molecule has 6 nitrogen and oxygen atoms in total. The number of amides is 1. The summed E-state index contributed by atoms with van der Waals surface area (Å²) in [6, 6.07) is 10.2. The van der Waals surface area contributed by atoms with E-state index in [-0.39, 0.29) is 11.9 Å². The Hall–Kier alpha value is -2.47. The molecule has 1 unspecified atom stereocenters. The topological polar surface area (TPSA) is 61.4 Å². The summed E-state index contributed by atoms with van der Waals surface area (Å²) in [5.74, 6) is 0.534. The van der Waals surface area contributed by atoms with Gasteiger partial charge >= 0.3 is 0 Å². The maximum Gasteiger partial charge on any atom is 0.257 e. The largest absolute Gasteiger partial charge is 0.348 e. The Morgan fingerprint density at radius 1 is 1.08 bits per heavy atom. The lowest BCUT2D eigenvalue weighted by Crippen LogP contribution is -2.47. The third-order valence-electron chi connectivity index (χ3n) is 4.33. The average Bonchev–Trinajstić information content (AvgIpc) is 2.63. The number of likely N-dealkylation sites (N-methyl/N-ethyl adjacent to an activating group) is 1. The molecule has 6 heteroatoms. The SMILES string of the molecule is CC(Nc1ncc(C(=O)N2CCN(C)CC2)cn1)c1ccccc1. The van der Waals surface area contributed by atoms with Crippen molar-refractivity contribution in [3.8, 4) is 0 Å². The van der Waals surface area contributed by atoms with E-state index in [1.54, 1.807) is 12.4 Å². The minimum atomic E-state index is 0.00533. The van der Waals surface area contributed by atoms with Crippen LogP contribution >= 0.6 is 0 Å². The number of nitrogens with zero attached hydrogens (tertiary/aromatic N) is 4. The van der Waals surface area contributed by atoms with Crippen molar-refractivity contribution >= 4 is 11.9 Å². The van der Waals surface area contributed by atoms with Crippen LogP contribution in [-0.2, 0) is 0 Å². The lowest BCUT2D eigenvalue weighted by Gasteiger charge is -2.32. The maximum absolute atomic E-state index is 12.5. The Morgan fingerprint density at radius 3 is 2.33 bits per heavy atom. The first-order valence-corrected chi connectivity index (χ1v) is 8.25. The van der Waals surface area contributed by atoms with E-state index in [0.717, 1.165) is 26.2 Å². The fourth-order valence-electron chi connectivity index (χ4n) is 2.72. The number of nitrogens with one attached hydrogen (secondary N) is 1. The van der Waals surface area contributed by atoms with E-state index in [2.05, 4.69) is 46.3 Å². The summed E-state index contributed by atoms with van der Waals surface area (Å²) < 4.78 is 0. The van der Waals surface area contributed by atoms with Gasteiger partial charge in [0.1, 0.15) is 0 Å². The molecule has 0 aliphatic carbocycles. The molecular formula is C18H23N5O. The molecule has 1 aliphatic rings. The van der Waals surface area contributed by atoms with Gasteiger partial charge < -0.3 is 15.1 Å². The zero-order valence-electron chi connectivity index (χ0n) is 14.1. The standard InChI is InChI=1S/C18H23N5O/c1-14(15-6-4-3-5-7-15)21-18-19-12-16(13-20-18)17(24)23-10-8-22(2)9-11-23/h3-7,12-14H,8-11H2,1-2H3,(H,19,20,21). The molecule has 1 N–H and O–H groups in total. The predicted molar refractivity (Wildman–Crippen MR) is 93.9 cm³/mol. The Kier molecular flexibility index (Phi) is 5.05. The van der Waals surface area contributed by atoms with E-state index in [1.165, 1.54) is 5.56 Å². The Bertz CT molecular complexity index is 666. The molecule has 1 saturated heterocycles. The molecule has 0 spiro atoms. The Morgan fingerprint density at radius 2 is 1.71 bits per heavy atom. The third-order valence-corrected chi connectivity index (χ3v) is 4.33. The summed E-state index contributed by atoms with van der Waals surface area (Å²) in [5, 5.41) is 3.26. The van der Waals surface area contributed by atoms with Gasteiger partial charge in [0.15, 0.2) is 0 Å². The van der Waals surface area contributed by atoms with Crippen LogP contribution < -0.4 is 5.32 Å². The van der Waals surface area contributed by atoms with Crippen LogP contribution in [0.2, 0.25) is 0 Å². The van der Waals surface area contributed by atoms with Crippen molar-refractivity contribution in [2.75, 3.05) is 38.5 Å². The number of aromatic nitrogens is 2. The third kappa shape index (κ3) is 3.89. The van der Waals surface area contributed by atoms with Crippen LogP contribution in [0.4, 0.5) is 5.95 Å². The van der Waals surface area contributed by atoms with Gasteiger partial charge in [0.25, 0.3) is 5.91 Å². The van der Waals surface area contributed by atoms with E-state index < -0.39 is 0 Å². The highest BCUT2D eigenvalue weighted by Gasteiger charge is 2.21. The molecule has 1 fully saturated rings. The average molecular weight is 325 g/mol. The molecule has 1 aliphatic heterocycles. The van der Waals surface area contributed by atoms with Gasteiger partial charge in [-0.1, -0.05) is 30.3 Å². The van der Waals surface area contributed by atoms with Crippen molar-refractivity contribution in [2.45, 2.75) is 13.0 Å². The fourth-order valence-corrected chi connectivity index (χ4v) is 2.72. The Labute approximate surface area is 142 Å². The maximum atomic E-state index is 12.5. The lowest BCUT2D eigenvalue weighted by molar-refractivity contribution is 0.0663. The van der Waals surface area contributed by atoms with Crippen LogP contribution in [-0.4, -0.2) is 58.9 Å². The summed E-state index contributed by atoms with van der Waals surface area (Å²) in [5.41, 5.74) is 1.70. The first-order valence-electron chi connectivity index (χ1n) is 8.25. The van der Waals surface area contributed by atoms with Crippen LogP contribution in [0.3, 0.4) is 0 Å². The van der Waals surface area contributed by atoms with Gasteiger partial charge in [-0.2, -0.15) is 0 Å². The van der Waals surface area contributed by atoms with E-state index in [9.17, 15) is 4.79 Å². The van der Waals surface area contributed by atoms with Gasteiger partial charge in [-0.05, 0) is 19.5 Å². The number of anilines is 1. The summed E-state index contributed by atoms with van der Waals surface area (Å²) in [4.78, 5) is 25.1. The van der Waals surface area contributed by atoms with Crippen molar-refractivity contribution in [3.63, 3.8) is 0 Å². The molecular weight excluding hydrogens is 302 g/mol. The van der Waals surface area contributed by atoms with Crippen molar-refractivity contribution < 1.29 is 4.79 Å². The smallest absolute Gasteiger partial charge is 0.257 e. The second kappa shape index (κ2) is 7.40. The van der Waals surface area contributed by atoms with Gasteiger partial charge in [-0.25, -0.2) is 9.97 Å². The highest BCUT2D eigenvalue weighted by atomic mass is 16.2. The zero-order chi connectivity index (χ0) is 16.9. The van der Waals surface area contributed by atoms with Gasteiger partial charge in [-0.15, -0.1) is 0 Å². The number of carbonyl (C=O) groups excluding carboxylic acids is 1. The number of carbonyl (C=O) groups is 1. The number of hydrogen-bond acceptors (Lipinski definition) is 5. The van der Waals surface area contributed by atoms with Gasteiger partial charge in [0, 0.05) is 38.6 Å². The zero-order valence-corrected chi connectivity index (χ0v) is 14.1. The van der Waals surface area contributed by atoms with Crippen molar-refractivity contribution in [1.29, 1.82) is 0 Å². The summed E-state index contributed by atoms with van der Waals surface area (Å²) in [6.45, 7) is 5.37. The quantitative estimate of drug-likeness (QED) is 0.932. The molecule has 0 radical (unpaired) electrons. The first kappa shape index (κ1) is 16.4. The van der Waals surface area contributed by atoms with Crippen LogP contribution in [0.15, 0.2) is 42.7 Å². The normalized spacial score (nSPS) is 16.7. The highest BCUT2D eigenvalue weighted by molar-refractivity contribution is 5.93. The van der Waals surface area contributed by atoms with E-state index in [4.69, 9.17) is 0 Å². The van der Waals surface area contributed by atoms with E-state index in [1.807, 2.05) is 23.1 Å². The second-order valence-electron chi connectivity index (χ2n) is 6.17. The molecule has 24 heavy (non-hydrogen) atoms. The molecule has 2 heterocycles. The molecule has 1 aromatic heterocycles. The molecule has 0 saturated carbocycles.